The molecule has 108 valence electrons. The van der Waals surface area contributed by atoms with Gasteiger partial charge in [0.25, 0.3) is 0 Å². The molecule has 1 aromatic heterocycles. The van der Waals surface area contributed by atoms with Crippen LogP contribution in [0.3, 0.4) is 0 Å². The van der Waals surface area contributed by atoms with Gasteiger partial charge in [0.1, 0.15) is 11.6 Å². The van der Waals surface area contributed by atoms with Gasteiger partial charge in [0.2, 0.25) is 0 Å². The van der Waals surface area contributed by atoms with E-state index in [9.17, 15) is 0 Å². The van der Waals surface area contributed by atoms with Crippen molar-refractivity contribution in [2.24, 2.45) is 0 Å². The molecule has 0 aliphatic carbocycles. The zero-order valence-corrected chi connectivity index (χ0v) is 12.9. The van der Waals surface area contributed by atoms with Crippen LogP contribution in [-0.4, -0.2) is 39.3 Å². The van der Waals surface area contributed by atoms with Gasteiger partial charge in [-0.3, -0.25) is 0 Å². The Morgan fingerprint density at radius 2 is 1.79 bits per heavy atom. The average molecular weight is 265 g/mol. The van der Waals surface area contributed by atoms with Crippen molar-refractivity contribution >= 4 is 5.82 Å². The molecule has 0 unspecified atom stereocenters. The van der Waals surface area contributed by atoms with Gasteiger partial charge in [0.05, 0.1) is 7.11 Å². The summed E-state index contributed by atoms with van der Waals surface area (Å²) in [6.07, 6.45) is 2.55. The van der Waals surface area contributed by atoms with Crippen LogP contribution in [0.5, 0.6) is 5.75 Å². The SMILES string of the molecule is CNC.COc1cc(C(C)C)nc(N2CCCC2)c1. The molecule has 4 heteroatoms. The maximum absolute atomic E-state index is 5.34. The van der Waals surface area contributed by atoms with E-state index >= 15 is 0 Å². The van der Waals surface area contributed by atoms with Crippen LogP contribution in [0.2, 0.25) is 0 Å². The third-order valence-electron chi connectivity index (χ3n) is 3.06. The summed E-state index contributed by atoms with van der Waals surface area (Å²) in [5.41, 5.74) is 1.11. The van der Waals surface area contributed by atoms with Gasteiger partial charge in [-0.15, -0.1) is 0 Å². The maximum Gasteiger partial charge on any atom is 0.132 e. The number of hydrogen-bond acceptors (Lipinski definition) is 4. The molecule has 4 nitrogen and oxygen atoms in total. The largest absolute Gasteiger partial charge is 0.497 e. The molecule has 0 saturated carbocycles. The van der Waals surface area contributed by atoms with Crippen molar-refractivity contribution in [3.05, 3.63) is 17.8 Å². The number of methoxy groups -OCH3 is 1. The second-order valence-corrected chi connectivity index (χ2v) is 5.14. The highest BCUT2D eigenvalue weighted by Gasteiger charge is 2.16. The number of nitrogens with zero attached hydrogens (tertiary/aromatic N) is 2. The number of ether oxygens (including phenoxy) is 1. The number of aromatic nitrogens is 1. The molecule has 0 amide bonds. The zero-order chi connectivity index (χ0) is 14.3. The Hall–Kier alpha value is -1.29. The monoisotopic (exact) mass is 265 g/mol. The summed E-state index contributed by atoms with van der Waals surface area (Å²) in [7, 11) is 5.47. The summed E-state index contributed by atoms with van der Waals surface area (Å²) in [5.74, 6) is 2.43. The fourth-order valence-electron chi connectivity index (χ4n) is 2.03. The molecule has 0 atom stereocenters. The lowest BCUT2D eigenvalue weighted by atomic mass is 10.1. The average Bonchev–Trinajstić information content (AvgIpc) is 2.93. The molecule has 1 N–H and O–H groups in total. The molecule has 0 bridgehead atoms. The predicted molar refractivity (Wildman–Crippen MR) is 81.3 cm³/mol. The third-order valence-corrected chi connectivity index (χ3v) is 3.06. The van der Waals surface area contributed by atoms with Crippen LogP contribution in [0, 0.1) is 0 Å². The summed E-state index contributed by atoms with van der Waals surface area (Å²) in [6.45, 7) is 6.57. The topological polar surface area (TPSA) is 37.4 Å². The van der Waals surface area contributed by atoms with E-state index < -0.39 is 0 Å². The highest BCUT2D eigenvalue weighted by atomic mass is 16.5. The van der Waals surface area contributed by atoms with Crippen LogP contribution in [-0.2, 0) is 0 Å². The number of anilines is 1. The Labute approximate surface area is 117 Å². The number of rotatable bonds is 3. The Morgan fingerprint density at radius 1 is 1.21 bits per heavy atom. The van der Waals surface area contributed by atoms with Crippen molar-refractivity contribution in [1.29, 1.82) is 0 Å². The third kappa shape index (κ3) is 4.71. The molecule has 1 fully saturated rings. The number of pyridine rings is 1. The fraction of sp³-hybridized carbons (Fsp3) is 0.667. The van der Waals surface area contributed by atoms with Gasteiger partial charge in [-0.2, -0.15) is 0 Å². The highest BCUT2D eigenvalue weighted by molar-refractivity contribution is 5.46. The van der Waals surface area contributed by atoms with Crippen molar-refractivity contribution in [2.45, 2.75) is 32.6 Å². The second-order valence-electron chi connectivity index (χ2n) is 5.14. The minimum Gasteiger partial charge on any atom is -0.497 e. The van der Waals surface area contributed by atoms with Crippen LogP contribution in [0.25, 0.3) is 0 Å². The van der Waals surface area contributed by atoms with Gasteiger partial charge < -0.3 is 15.0 Å². The first-order valence-corrected chi connectivity index (χ1v) is 7.01. The molecule has 2 heterocycles. The molecule has 1 aliphatic heterocycles. The smallest absolute Gasteiger partial charge is 0.132 e. The first-order chi connectivity index (χ1) is 9.12. The van der Waals surface area contributed by atoms with E-state index in [2.05, 4.69) is 24.1 Å². The quantitative estimate of drug-likeness (QED) is 0.911. The Balaban J connectivity index is 0.000000550. The van der Waals surface area contributed by atoms with Crippen LogP contribution in [0.4, 0.5) is 5.82 Å². The summed E-state index contributed by atoms with van der Waals surface area (Å²) in [5, 5.41) is 2.75. The van der Waals surface area contributed by atoms with Crippen molar-refractivity contribution in [3.63, 3.8) is 0 Å². The van der Waals surface area contributed by atoms with Crippen molar-refractivity contribution < 1.29 is 4.74 Å². The van der Waals surface area contributed by atoms with E-state index in [4.69, 9.17) is 9.72 Å². The van der Waals surface area contributed by atoms with Gasteiger partial charge in [-0.25, -0.2) is 4.98 Å². The lowest BCUT2D eigenvalue weighted by Crippen LogP contribution is -2.19. The molecular formula is C15H27N3O. The Morgan fingerprint density at radius 3 is 2.26 bits per heavy atom. The van der Waals surface area contributed by atoms with Crippen LogP contribution >= 0.6 is 0 Å². The Bertz CT molecular complexity index is 374. The lowest BCUT2D eigenvalue weighted by molar-refractivity contribution is 0.413. The van der Waals surface area contributed by atoms with Gasteiger partial charge in [0.15, 0.2) is 0 Å². The van der Waals surface area contributed by atoms with Gasteiger partial charge in [-0.05, 0) is 32.9 Å². The van der Waals surface area contributed by atoms with Gasteiger partial charge in [0, 0.05) is 30.9 Å². The number of nitrogens with one attached hydrogen (secondary N) is 1. The zero-order valence-electron chi connectivity index (χ0n) is 12.9. The maximum atomic E-state index is 5.34. The minimum absolute atomic E-state index is 0.441. The van der Waals surface area contributed by atoms with E-state index in [-0.39, 0.29) is 0 Å². The van der Waals surface area contributed by atoms with Crippen molar-refractivity contribution in [1.82, 2.24) is 10.3 Å². The first kappa shape index (κ1) is 15.8. The van der Waals surface area contributed by atoms with E-state index in [1.54, 1.807) is 7.11 Å². The molecule has 1 aliphatic rings. The molecular weight excluding hydrogens is 238 g/mol. The summed E-state index contributed by atoms with van der Waals surface area (Å²) < 4.78 is 5.34. The molecule has 1 saturated heterocycles. The lowest BCUT2D eigenvalue weighted by Gasteiger charge is -2.19. The van der Waals surface area contributed by atoms with E-state index in [1.807, 2.05) is 26.2 Å². The van der Waals surface area contributed by atoms with Crippen LogP contribution < -0.4 is 15.0 Å². The minimum atomic E-state index is 0.441. The van der Waals surface area contributed by atoms with Crippen molar-refractivity contribution in [3.8, 4) is 5.75 Å². The standard InChI is InChI=1S/C13H20N2O.C2H7N/c1-10(2)12-8-11(16-3)9-13(14-12)15-6-4-5-7-15;1-3-2/h8-10H,4-7H2,1-3H3;3H,1-2H3. The molecule has 0 aromatic carbocycles. The summed E-state index contributed by atoms with van der Waals surface area (Å²) >= 11 is 0. The normalized spacial score (nSPS) is 14.3. The molecule has 0 radical (unpaired) electrons. The fourth-order valence-corrected chi connectivity index (χ4v) is 2.03. The van der Waals surface area contributed by atoms with E-state index in [0.717, 1.165) is 30.4 Å². The van der Waals surface area contributed by atoms with Crippen molar-refractivity contribution in [2.75, 3.05) is 39.2 Å². The Kier molecular flexibility index (Phi) is 6.64. The molecule has 0 spiro atoms. The molecule has 19 heavy (non-hydrogen) atoms. The van der Waals surface area contributed by atoms with E-state index in [0.29, 0.717) is 5.92 Å². The molecule has 2 rings (SSSR count). The van der Waals surface area contributed by atoms with E-state index in [1.165, 1.54) is 12.8 Å². The van der Waals surface area contributed by atoms with Gasteiger partial charge >= 0.3 is 0 Å². The first-order valence-electron chi connectivity index (χ1n) is 7.01. The summed E-state index contributed by atoms with van der Waals surface area (Å²) in [4.78, 5) is 7.05. The number of hydrogen-bond donors (Lipinski definition) is 1. The summed E-state index contributed by atoms with van der Waals surface area (Å²) in [6, 6.07) is 4.07. The van der Waals surface area contributed by atoms with Crippen LogP contribution in [0.1, 0.15) is 38.3 Å². The molecule has 1 aromatic rings. The highest BCUT2D eigenvalue weighted by Crippen LogP contribution is 2.26. The van der Waals surface area contributed by atoms with Gasteiger partial charge in [-0.1, -0.05) is 13.8 Å². The van der Waals surface area contributed by atoms with Crippen LogP contribution in [0.15, 0.2) is 12.1 Å². The second kappa shape index (κ2) is 8.00. The predicted octanol–water partition coefficient (Wildman–Crippen LogP) is 2.65.